The van der Waals surface area contributed by atoms with Crippen molar-refractivity contribution in [3.63, 3.8) is 0 Å². The SMILES string of the molecule is COC1(OC)C=CC(OC)(OC)C=C1.O=C(O)O. The summed E-state index contributed by atoms with van der Waals surface area (Å²) in [5, 5.41) is 13.9. The number of hydrogen-bond acceptors (Lipinski definition) is 5. The molecule has 1 aliphatic carbocycles. The van der Waals surface area contributed by atoms with Crippen LogP contribution in [0.15, 0.2) is 24.3 Å². The second-order valence-corrected chi connectivity index (χ2v) is 3.21. The molecule has 0 spiro atoms. The summed E-state index contributed by atoms with van der Waals surface area (Å²) in [6.45, 7) is 0. The molecule has 7 nitrogen and oxygen atoms in total. The molecule has 18 heavy (non-hydrogen) atoms. The fraction of sp³-hybridized carbons (Fsp3) is 0.545. The van der Waals surface area contributed by atoms with Crippen molar-refractivity contribution >= 4 is 6.16 Å². The van der Waals surface area contributed by atoms with E-state index in [4.69, 9.17) is 34.0 Å². The van der Waals surface area contributed by atoms with Crippen molar-refractivity contribution < 1.29 is 34.0 Å². The summed E-state index contributed by atoms with van der Waals surface area (Å²) >= 11 is 0. The van der Waals surface area contributed by atoms with Crippen LogP contribution in [0, 0.1) is 0 Å². The molecule has 0 saturated carbocycles. The quantitative estimate of drug-likeness (QED) is 0.582. The minimum Gasteiger partial charge on any atom is -0.450 e. The van der Waals surface area contributed by atoms with Crippen molar-refractivity contribution in [2.45, 2.75) is 11.6 Å². The van der Waals surface area contributed by atoms with Gasteiger partial charge in [0, 0.05) is 28.4 Å². The van der Waals surface area contributed by atoms with Gasteiger partial charge in [0.1, 0.15) is 0 Å². The largest absolute Gasteiger partial charge is 0.503 e. The van der Waals surface area contributed by atoms with Gasteiger partial charge in [-0.25, -0.2) is 4.79 Å². The highest BCUT2D eigenvalue weighted by atomic mass is 16.7. The lowest BCUT2D eigenvalue weighted by Gasteiger charge is -2.33. The Bertz CT molecular complexity index is 267. The van der Waals surface area contributed by atoms with Gasteiger partial charge in [-0.3, -0.25) is 0 Å². The van der Waals surface area contributed by atoms with E-state index in [-0.39, 0.29) is 0 Å². The number of carbonyl (C=O) groups is 1. The van der Waals surface area contributed by atoms with Crippen LogP contribution in [0.4, 0.5) is 4.79 Å². The first-order valence-electron chi connectivity index (χ1n) is 4.92. The molecule has 2 N–H and O–H groups in total. The topological polar surface area (TPSA) is 94.5 Å². The Labute approximate surface area is 105 Å². The van der Waals surface area contributed by atoms with Crippen LogP contribution in [0.2, 0.25) is 0 Å². The van der Waals surface area contributed by atoms with Gasteiger partial charge < -0.3 is 29.2 Å². The van der Waals surface area contributed by atoms with E-state index >= 15 is 0 Å². The van der Waals surface area contributed by atoms with Crippen LogP contribution in [0.3, 0.4) is 0 Å². The third kappa shape index (κ3) is 4.46. The molecule has 0 heterocycles. The zero-order chi connectivity index (χ0) is 14.2. The Morgan fingerprint density at radius 3 is 1.06 bits per heavy atom. The van der Waals surface area contributed by atoms with Crippen LogP contribution in [0.1, 0.15) is 0 Å². The average molecular weight is 262 g/mol. The van der Waals surface area contributed by atoms with E-state index in [0.717, 1.165) is 0 Å². The van der Waals surface area contributed by atoms with Gasteiger partial charge in [0.2, 0.25) is 11.6 Å². The molecule has 0 aromatic heterocycles. The van der Waals surface area contributed by atoms with E-state index in [1.807, 2.05) is 0 Å². The lowest BCUT2D eigenvalue weighted by molar-refractivity contribution is -0.159. The minimum absolute atomic E-state index is 0.805. The molecule has 104 valence electrons. The predicted molar refractivity (Wildman–Crippen MR) is 62.4 cm³/mol. The standard InChI is InChI=1S/C10H16O4.CH2O3/c1-11-9(12-2)5-7-10(13-3,14-4)8-6-9;2-1(3)4/h5-8H,1-4H3;(H2,2,3,4). The van der Waals surface area contributed by atoms with Gasteiger partial charge in [-0.15, -0.1) is 0 Å². The summed E-state index contributed by atoms with van der Waals surface area (Å²) in [5.41, 5.74) is 0. The minimum atomic E-state index is -1.83. The average Bonchev–Trinajstić information content (AvgIpc) is 2.38. The van der Waals surface area contributed by atoms with Gasteiger partial charge in [-0.2, -0.15) is 0 Å². The maximum Gasteiger partial charge on any atom is 0.503 e. The smallest absolute Gasteiger partial charge is 0.450 e. The maximum absolute atomic E-state index is 8.56. The number of ether oxygens (including phenoxy) is 4. The summed E-state index contributed by atoms with van der Waals surface area (Å²) in [6, 6.07) is 0. The Balaban J connectivity index is 0.000000631. The monoisotopic (exact) mass is 262 g/mol. The molecule has 0 bridgehead atoms. The summed E-state index contributed by atoms with van der Waals surface area (Å²) < 4.78 is 20.8. The fourth-order valence-corrected chi connectivity index (χ4v) is 1.29. The van der Waals surface area contributed by atoms with E-state index in [0.29, 0.717) is 0 Å². The lowest BCUT2D eigenvalue weighted by atomic mass is 10.1. The molecule has 7 heteroatoms. The van der Waals surface area contributed by atoms with Crippen molar-refractivity contribution in [1.29, 1.82) is 0 Å². The van der Waals surface area contributed by atoms with Gasteiger partial charge in [-0.05, 0) is 24.3 Å². The predicted octanol–water partition coefficient (Wildman–Crippen LogP) is 1.31. The zero-order valence-electron chi connectivity index (χ0n) is 10.7. The van der Waals surface area contributed by atoms with E-state index in [2.05, 4.69) is 0 Å². The molecule has 0 aromatic carbocycles. The zero-order valence-corrected chi connectivity index (χ0v) is 10.7. The van der Waals surface area contributed by atoms with Crippen LogP contribution in [-0.4, -0.2) is 56.4 Å². The number of rotatable bonds is 4. The normalized spacial score (nSPS) is 18.9. The molecular weight excluding hydrogens is 244 g/mol. The second kappa shape index (κ2) is 7.12. The number of hydrogen-bond donors (Lipinski definition) is 2. The molecule has 0 aliphatic heterocycles. The van der Waals surface area contributed by atoms with Crippen LogP contribution < -0.4 is 0 Å². The van der Waals surface area contributed by atoms with Crippen molar-refractivity contribution in [1.82, 2.24) is 0 Å². The third-order valence-corrected chi connectivity index (χ3v) is 2.37. The Hall–Kier alpha value is -1.41. The van der Waals surface area contributed by atoms with Crippen LogP contribution >= 0.6 is 0 Å². The van der Waals surface area contributed by atoms with E-state index < -0.39 is 17.7 Å². The Kier molecular flexibility index (Phi) is 6.56. The molecule has 0 aromatic rings. The fourth-order valence-electron chi connectivity index (χ4n) is 1.29. The molecule has 0 radical (unpaired) electrons. The molecular formula is C11H18O7. The van der Waals surface area contributed by atoms with Gasteiger partial charge in [0.25, 0.3) is 0 Å². The Morgan fingerprint density at radius 1 is 0.778 bits per heavy atom. The maximum atomic E-state index is 8.56. The molecule has 0 atom stereocenters. The van der Waals surface area contributed by atoms with Crippen molar-refractivity contribution in [3.8, 4) is 0 Å². The first kappa shape index (κ1) is 16.6. The number of methoxy groups -OCH3 is 4. The van der Waals surface area contributed by atoms with Gasteiger partial charge in [0.15, 0.2) is 0 Å². The first-order chi connectivity index (χ1) is 8.39. The van der Waals surface area contributed by atoms with E-state index in [1.165, 1.54) is 0 Å². The van der Waals surface area contributed by atoms with E-state index in [1.54, 1.807) is 52.7 Å². The molecule has 0 unspecified atom stereocenters. The highest BCUT2D eigenvalue weighted by Crippen LogP contribution is 2.27. The van der Waals surface area contributed by atoms with Gasteiger partial charge in [-0.1, -0.05) is 0 Å². The van der Waals surface area contributed by atoms with Gasteiger partial charge in [0.05, 0.1) is 0 Å². The van der Waals surface area contributed by atoms with E-state index in [9.17, 15) is 0 Å². The Morgan fingerprint density at radius 2 is 0.944 bits per heavy atom. The number of carboxylic acid groups (broad SMARTS) is 2. The third-order valence-electron chi connectivity index (χ3n) is 2.37. The van der Waals surface area contributed by atoms with Crippen LogP contribution in [0.5, 0.6) is 0 Å². The van der Waals surface area contributed by atoms with Crippen LogP contribution in [-0.2, 0) is 18.9 Å². The molecule has 0 fully saturated rings. The molecule has 0 amide bonds. The molecule has 1 rings (SSSR count). The first-order valence-corrected chi connectivity index (χ1v) is 4.92. The van der Waals surface area contributed by atoms with Crippen LogP contribution in [0.25, 0.3) is 0 Å². The highest BCUT2D eigenvalue weighted by molar-refractivity contribution is 5.53. The van der Waals surface area contributed by atoms with Gasteiger partial charge >= 0.3 is 6.16 Å². The molecule has 1 aliphatic rings. The summed E-state index contributed by atoms with van der Waals surface area (Å²) in [7, 11) is 6.30. The summed E-state index contributed by atoms with van der Waals surface area (Å²) in [6.07, 6.45) is 5.17. The summed E-state index contributed by atoms with van der Waals surface area (Å²) in [5.74, 6) is -1.61. The molecule has 0 saturated heterocycles. The highest BCUT2D eigenvalue weighted by Gasteiger charge is 2.33. The van der Waals surface area contributed by atoms with Crippen molar-refractivity contribution in [2.75, 3.05) is 28.4 Å². The lowest BCUT2D eigenvalue weighted by Crippen LogP contribution is -2.38. The van der Waals surface area contributed by atoms with Crippen molar-refractivity contribution in [2.24, 2.45) is 0 Å². The second-order valence-electron chi connectivity index (χ2n) is 3.21. The van der Waals surface area contributed by atoms with Crippen molar-refractivity contribution in [3.05, 3.63) is 24.3 Å². The summed E-state index contributed by atoms with van der Waals surface area (Å²) in [4.78, 5) is 8.56.